The predicted molar refractivity (Wildman–Crippen MR) is 114 cm³/mol. The Labute approximate surface area is 181 Å². The van der Waals surface area contributed by atoms with Gasteiger partial charge in [0.1, 0.15) is 0 Å². The van der Waals surface area contributed by atoms with Crippen LogP contribution in [0.4, 0.5) is 0 Å². The molecule has 1 aliphatic carbocycles. The predicted octanol–water partition coefficient (Wildman–Crippen LogP) is 3.26. The van der Waals surface area contributed by atoms with Gasteiger partial charge in [0, 0.05) is 30.9 Å². The van der Waals surface area contributed by atoms with Crippen LogP contribution in [0.3, 0.4) is 0 Å². The van der Waals surface area contributed by atoms with E-state index in [1.165, 1.54) is 22.1 Å². The summed E-state index contributed by atoms with van der Waals surface area (Å²) in [6, 6.07) is 1.85. The standard InChI is InChI=1S/C20H28N4O4S2/c1-13-18(11-17(29-13)19-21-14(2)28-23-19)30(26,27)24-10-6-7-15(12-24)20(25)22-16-8-4-3-5-9-16/h11,15-16H,3-10,12H2,1-2H3,(H,22,25)/t15-/m0/s1. The minimum Gasteiger partial charge on any atom is -0.353 e. The Morgan fingerprint density at radius 1 is 1.20 bits per heavy atom. The molecule has 2 aromatic heterocycles. The molecular weight excluding hydrogens is 424 g/mol. The smallest absolute Gasteiger partial charge is 0.244 e. The lowest BCUT2D eigenvalue weighted by molar-refractivity contribution is -0.127. The molecule has 1 atom stereocenters. The maximum atomic E-state index is 13.4. The summed E-state index contributed by atoms with van der Waals surface area (Å²) < 4.78 is 33.2. The van der Waals surface area contributed by atoms with Gasteiger partial charge in [-0.3, -0.25) is 4.79 Å². The lowest BCUT2D eigenvalue weighted by Crippen LogP contribution is -2.47. The molecule has 2 fully saturated rings. The van der Waals surface area contributed by atoms with E-state index in [0.29, 0.717) is 34.4 Å². The first-order valence-electron chi connectivity index (χ1n) is 10.6. The summed E-state index contributed by atoms with van der Waals surface area (Å²) >= 11 is 1.33. The average molecular weight is 453 g/mol. The van der Waals surface area contributed by atoms with Crippen molar-refractivity contribution in [1.82, 2.24) is 19.8 Å². The number of aromatic nitrogens is 2. The van der Waals surface area contributed by atoms with Crippen molar-refractivity contribution in [1.29, 1.82) is 0 Å². The van der Waals surface area contributed by atoms with Gasteiger partial charge in [-0.15, -0.1) is 11.3 Å². The topological polar surface area (TPSA) is 105 Å². The van der Waals surface area contributed by atoms with E-state index in [0.717, 1.165) is 32.1 Å². The molecule has 0 bridgehead atoms. The number of carbonyl (C=O) groups is 1. The van der Waals surface area contributed by atoms with E-state index in [2.05, 4.69) is 15.5 Å². The second-order valence-electron chi connectivity index (χ2n) is 8.21. The van der Waals surface area contributed by atoms with E-state index in [1.807, 2.05) is 0 Å². The molecule has 164 valence electrons. The molecule has 1 saturated carbocycles. The Kier molecular flexibility index (Phi) is 6.26. The SMILES string of the molecule is Cc1nc(-c2cc(S(=O)(=O)N3CCC[C@H](C(=O)NC4CCCCC4)C3)c(C)s2)no1. The molecule has 8 nitrogen and oxygen atoms in total. The van der Waals surface area contributed by atoms with Crippen molar-refractivity contribution in [3.05, 3.63) is 16.8 Å². The van der Waals surface area contributed by atoms with Crippen LogP contribution in [0.1, 0.15) is 55.7 Å². The normalized spacial score (nSPS) is 21.6. The highest BCUT2D eigenvalue weighted by atomic mass is 32.2. The molecule has 30 heavy (non-hydrogen) atoms. The van der Waals surface area contributed by atoms with Crippen molar-refractivity contribution in [3.8, 4) is 10.7 Å². The van der Waals surface area contributed by atoms with E-state index in [-0.39, 0.29) is 29.3 Å². The van der Waals surface area contributed by atoms with E-state index in [4.69, 9.17) is 4.52 Å². The van der Waals surface area contributed by atoms with Crippen LogP contribution in [0, 0.1) is 19.8 Å². The number of rotatable bonds is 5. The van der Waals surface area contributed by atoms with Crippen LogP contribution < -0.4 is 5.32 Å². The van der Waals surface area contributed by atoms with Gasteiger partial charge in [0.25, 0.3) is 0 Å². The van der Waals surface area contributed by atoms with Crippen molar-refractivity contribution in [2.75, 3.05) is 13.1 Å². The fourth-order valence-corrected chi connectivity index (χ4v) is 7.32. The molecule has 4 rings (SSSR count). The fraction of sp³-hybridized carbons (Fsp3) is 0.650. The summed E-state index contributed by atoms with van der Waals surface area (Å²) in [5.41, 5.74) is 0. The zero-order valence-corrected chi connectivity index (χ0v) is 19.0. The van der Waals surface area contributed by atoms with Gasteiger partial charge in [-0.1, -0.05) is 24.4 Å². The molecular formula is C20H28N4O4S2. The molecule has 0 spiro atoms. The molecule has 1 saturated heterocycles. The summed E-state index contributed by atoms with van der Waals surface area (Å²) in [5, 5.41) is 7.04. The molecule has 2 aliphatic rings. The van der Waals surface area contributed by atoms with Crippen LogP contribution in [0.5, 0.6) is 0 Å². The number of sulfonamides is 1. The summed E-state index contributed by atoms with van der Waals surface area (Å²) in [4.78, 5) is 18.6. The number of hydrogen-bond acceptors (Lipinski definition) is 7. The van der Waals surface area contributed by atoms with Crippen molar-refractivity contribution in [3.63, 3.8) is 0 Å². The molecule has 1 N–H and O–H groups in total. The number of aryl methyl sites for hydroxylation is 2. The van der Waals surface area contributed by atoms with Crippen molar-refractivity contribution in [2.24, 2.45) is 5.92 Å². The van der Waals surface area contributed by atoms with Crippen LogP contribution in [0.15, 0.2) is 15.5 Å². The lowest BCUT2D eigenvalue weighted by atomic mass is 9.93. The Hall–Kier alpha value is -1.78. The summed E-state index contributed by atoms with van der Waals surface area (Å²) in [5.74, 6) is 0.522. The Balaban J connectivity index is 1.48. The van der Waals surface area contributed by atoms with Gasteiger partial charge in [-0.05, 0) is 38.7 Å². The number of hydrogen-bond donors (Lipinski definition) is 1. The van der Waals surface area contributed by atoms with Gasteiger partial charge < -0.3 is 9.84 Å². The summed E-state index contributed by atoms with van der Waals surface area (Å²) in [6.45, 7) is 4.14. The lowest BCUT2D eigenvalue weighted by Gasteiger charge is -2.32. The van der Waals surface area contributed by atoms with Crippen LogP contribution in [0.25, 0.3) is 10.7 Å². The summed E-state index contributed by atoms with van der Waals surface area (Å²) in [7, 11) is -3.70. The second kappa shape index (κ2) is 8.76. The maximum absolute atomic E-state index is 13.4. The largest absolute Gasteiger partial charge is 0.353 e. The first-order chi connectivity index (χ1) is 14.3. The molecule has 2 aromatic rings. The van der Waals surface area contributed by atoms with Crippen LogP contribution in [-0.2, 0) is 14.8 Å². The van der Waals surface area contributed by atoms with E-state index >= 15 is 0 Å². The highest BCUT2D eigenvalue weighted by Crippen LogP contribution is 2.35. The van der Waals surface area contributed by atoms with Gasteiger partial charge in [-0.25, -0.2) is 8.42 Å². The number of carbonyl (C=O) groups excluding carboxylic acids is 1. The van der Waals surface area contributed by atoms with Crippen LogP contribution >= 0.6 is 11.3 Å². The quantitative estimate of drug-likeness (QED) is 0.746. The monoisotopic (exact) mass is 452 g/mol. The molecule has 1 aliphatic heterocycles. The van der Waals surface area contributed by atoms with E-state index in [9.17, 15) is 13.2 Å². The Morgan fingerprint density at radius 2 is 1.97 bits per heavy atom. The third-order valence-electron chi connectivity index (χ3n) is 5.94. The highest BCUT2D eigenvalue weighted by molar-refractivity contribution is 7.89. The maximum Gasteiger partial charge on any atom is 0.244 e. The van der Waals surface area contributed by atoms with E-state index in [1.54, 1.807) is 19.9 Å². The molecule has 10 heteroatoms. The zero-order chi connectivity index (χ0) is 21.3. The Bertz CT molecular complexity index is 1010. The zero-order valence-electron chi connectivity index (χ0n) is 17.4. The van der Waals surface area contributed by atoms with Gasteiger partial charge in [0.15, 0.2) is 0 Å². The van der Waals surface area contributed by atoms with Gasteiger partial charge in [-0.2, -0.15) is 9.29 Å². The number of piperidine rings is 1. The van der Waals surface area contributed by atoms with Gasteiger partial charge in [0.05, 0.1) is 15.7 Å². The highest BCUT2D eigenvalue weighted by Gasteiger charge is 2.35. The van der Waals surface area contributed by atoms with Crippen LogP contribution in [0.2, 0.25) is 0 Å². The van der Waals surface area contributed by atoms with Crippen molar-refractivity contribution in [2.45, 2.75) is 69.7 Å². The first kappa shape index (κ1) is 21.5. The second-order valence-corrected chi connectivity index (χ2v) is 11.4. The van der Waals surface area contributed by atoms with Crippen LogP contribution in [-0.4, -0.2) is 47.9 Å². The van der Waals surface area contributed by atoms with Crippen molar-refractivity contribution < 1.29 is 17.7 Å². The Morgan fingerprint density at radius 3 is 2.67 bits per heavy atom. The van der Waals surface area contributed by atoms with Gasteiger partial charge in [0.2, 0.25) is 27.6 Å². The number of nitrogens with one attached hydrogen (secondary N) is 1. The third-order valence-corrected chi connectivity index (χ3v) is 9.11. The minimum absolute atomic E-state index is 0.00759. The fourth-order valence-electron chi connectivity index (χ4n) is 4.31. The molecule has 0 aromatic carbocycles. The van der Waals surface area contributed by atoms with Crippen molar-refractivity contribution >= 4 is 27.3 Å². The van der Waals surface area contributed by atoms with Gasteiger partial charge >= 0.3 is 0 Å². The molecule has 0 radical (unpaired) electrons. The number of thiophene rings is 1. The molecule has 1 amide bonds. The minimum atomic E-state index is -3.70. The van der Waals surface area contributed by atoms with E-state index < -0.39 is 10.0 Å². The number of nitrogens with zero attached hydrogens (tertiary/aromatic N) is 3. The summed E-state index contributed by atoms with van der Waals surface area (Å²) in [6.07, 6.45) is 6.97. The first-order valence-corrected chi connectivity index (χ1v) is 12.8. The molecule has 0 unspecified atom stereocenters. The number of amides is 1. The third kappa shape index (κ3) is 4.45. The average Bonchev–Trinajstić information content (AvgIpc) is 3.35. The molecule has 3 heterocycles.